The largest absolute Gasteiger partial charge is 0.307 e. The average Bonchev–Trinajstić information content (AvgIpc) is 3.41. The van der Waals surface area contributed by atoms with Crippen LogP contribution in [0.4, 0.5) is 16.2 Å². The third-order valence-electron chi connectivity index (χ3n) is 5.61. The Kier molecular flexibility index (Phi) is 4.54. The number of nitrogens with zero attached hydrogens (tertiary/aromatic N) is 5. The lowest BCUT2D eigenvalue weighted by Gasteiger charge is -2.17. The first-order chi connectivity index (χ1) is 14.6. The first-order valence-corrected chi connectivity index (χ1v) is 10.1. The van der Waals surface area contributed by atoms with Crippen LogP contribution in [0.2, 0.25) is 0 Å². The van der Waals surface area contributed by atoms with E-state index in [0.717, 1.165) is 42.3 Å². The zero-order valence-electron chi connectivity index (χ0n) is 16.5. The maximum absolute atomic E-state index is 13.1. The predicted octanol–water partition coefficient (Wildman–Crippen LogP) is 4.28. The fraction of sp³-hybridized carbons (Fsp3) is 0.273. The third-order valence-corrected chi connectivity index (χ3v) is 5.61. The minimum atomic E-state index is -0.294. The zero-order chi connectivity index (χ0) is 20.7. The van der Waals surface area contributed by atoms with E-state index in [4.69, 9.17) is 0 Å². The number of pyridine rings is 1. The third kappa shape index (κ3) is 3.34. The molecule has 30 heavy (non-hydrogen) atoms. The second-order valence-corrected chi connectivity index (χ2v) is 7.65. The van der Waals surface area contributed by atoms with Crippen molar-refractivity contribution in [1.82, 2.24) is 24.3 Å². The van der Waals surface area contributed by atoms with Gasteiger partial charge < -0.3 is 5.32 Å². The lowest BCUT2D eigenvalue weighted by molar-refractivity contribution is 0.515. The van der Waals surface area contributed by atoms with E-state index in [2.05, 4.69) is 20.4 Å². The molecule has 0 amide bonds. The van der Waals surface area contributed by atoms with Gasteiger partial charge in [-0.3, -0.25) is 9.36 Å². The van der Waals surface area contributed by atoms with Crippen molar-refractivity contribution < 1.29 is 4.39 Å². The molecule has 1 fully saturated rings. The summed E-state index contributed by atoms with van der Waals surface area (Å²) in [7, 11) is 0. The minimum Gasteiger partial charge on any atom is -0.307 e. The zero-order valence-corrected chi connectivity index (χ0v) is 16.5. The monoisotopic (exact) mass is 404 g/mol. The number of aromatic nitrogens is 5. The summed E-state index contributed by atoms with van der Waals surface area (Å²) >= 11 is 0. The van der Waals surface area contributed by atoms with E-state index in [1.54, 1.807) is 41.3 Å². The van der Waals surface area contributed by atoms with Gasteiger partial charge in [-0.25, -0.2) is 14.1 Å². The Balaban J connectivity index is 1.50. The predicted molar refractivity (Wildman–Crippen MR) is 113 cm³/mol. The summed E-state index contributed by atoms with van der Waals surface area (Å²) in [4.78, 5) is 21.8. The van der Waals surface area contributed by atoms with E-state index in [0.29, 0.717) is 17.4 Å². The van der Waals surface area contributed by atoms with Gasteiger partial charge in [-0.15, -0.1) is 0 Å². The topological polar surface area (TPSA) is 77.6 Å². The fourth-order valence-electron chi connectivity index (χ4n) is 4.09. The van der Waals surface area contributed by atoms with Crippen molar-refractivity contribution >= 4 is 22.8 Å². The molecule has 0 unspecified atom stereocenters. The molecule has 3 heterocycles. The van der Waals surface area contributed by atoms with Gasteiger partial charge in [0.1, 0.15) is 11.5 Å². The summed E-state index contributed by atoms with van der Waals surface area (Å²) in [5.74, 6) is 0.641. The molecule has 1 aromatic carbocycles. The van der Waals surface area contributed by atoms with Crippen LogP contribution < -0.4 is 10.9 Å². The standard InChI is InChI=1S/C22H21FN6O/c1-14-12-20(30)29(17-4-2-3-5-17)21-18(14)13-24-22(26-21)25-19-10-11-28(27-19)16-8-6-15(23)7-9-16/h6-13,17H,2-5H2,1H3,(H,24,25,26,27). The molecule has 0 spiro atoms. The molecule has 3 aromatic heterocycles. The van der Waals surface area contributed by atoms with Gasteiger partial charge in [0.2, 0.25) is 5.95 Å². The number of halogens is 1. The van der Waals surface area contributed by atoms with Gasteiger partial charge in [0.05, 0.1) is 5.69 Å². The highest BCUT2D eigenvalue weighted by atomic mass is 19.1. The number of benzene rings is 1. The van der Waals surface area contributed by atoms with Crippen LogP contribution in [-0.4, -0.2) is 24.3 Å². The van der Waals surface area contributed by atoms with E-state index < -0.39 is 0 Å². The van der Waals surface area contributed by atoms with Gasteiger partial charge in [0.25, 0.3) is 5.56 Å². The molecule has 0 radical (unpaired) electrons. The number of aryl methyl sites for hydroxylation is 1. The molecular weight excluding hydrogens is 383 g/mol. The van der Waals surface area contributed by atoms with Crippen molar-refractivity contribution in [2.45, 2.75) is 38.6 Å². The van der Waals surface area contributed by atoms with Crippen LogP contribution in [-0.2, 0) is 0 Å². The van der Waals surface area contributed by atoms with E-state index in [-0.39, 0.29) is 17.4 Å². The van der Waals surface area contributed by atoms with Crippen molar-refractivity contribution in [3.05, 3.63) is 70.5 Å². The SMILES string of the molecule is Cc1cc(=O)n(C2CCCC2)c2nc(Nc3ccn(-c4ccc(F)cc4)n3)ncc12. The Hall–Kier alpha value is -3.55. The Morgan fingerprint density at radius 3 is 2.67 bits per heavy atom. The maximum atomic E-state index is 13.1. The molecule has 1 saturated carbocycles. The number of hydrogen-bond acceptors (Lipinski definition) is 5. The highest BCUT2D eigenvalue weighted by Crippen LogP contribution is 2.31. The van der Waals surface area contributed by atoms with Gasteiger partial charge in [0.15, 0.2) is 5.82 Å². The lowest BCUT2D eigenvalue weighted by Crippen LogP contribution is -2.24. The summed E-state index contributed by atoms with van der Waals surface area (Å²) in [6.07, 6.45) is 7.77. The lowest BCUT2D eigenvalue weighted by atomic mass is 10.1. The average molecular weight is 404 g/mol. The molecule has 0 atom stereocenters. The second kappa shape index (κ2) is 7.37. The van der Waals surface area contributed by atoms with Gasteiger partial charge in [-0.2, -0.15) is 10.1 Å². The fourth-order valence-corrected chi connectivity index (χ4v) is 4.09. The van der Waals surface area contributed by atoms with Gasteiger partial charge in [-0.05, 0) is 49.6 Å². The van der Waals surface area contributed by atoms with E-state index in [1.807, 2.05) is 11.5 Å². The van der Waals surface area contributed by atoms with Crippen LogP contribution in [0, 0.1) is 12.7 Å². The number of nitrogens with one attached hydrogen (secondary N) is 1. The highest BCUT2D eigenvalue weighted by molar-refractivity contribution is 5.79. The molecule has 0 bridgehead atoms. The molecule has 5 rings (SSSR count). The Morgan fingerprint density at radius 2 is 1.90 bits per heavy atom. The van der Waals surface area contributed by atoms with Crippen LogP contribution in [0.3, 0.4) is 0 Å². The highest BCUT2D eigenvalue weighted by Gasteiger charge is 2.21. The molecule has 0 aliphatic heterocycles. The Labute approximate surface area is 172 Å². The molecule has 8 heteroatoms. The van der Waals surface area contributed by atoms with Crippen molar-refractivity contribution in [2.75, 3.05) is 5.32 Å². The number of anilines is 2. The van der Waals surface area contributed by atoms with Crippen LogP contribution in [0.25, 0.3) is 16.7 Å². The van der Waals surface area contributed by atoms with Crippen molar-refractivity contribution in [1.29, 1.82) is 0 Å². The molecular formula is C22H21FN6O. The smallest absolute Gasteiger partial charge is 0.252 e. The second-order valence-electron chi connectivity index (χ2n) is 7.65. The van der Waals surface area contributed by atoms with Crippen LogP contribution >= 0.6 is 0 Å². The van der Waals surface area contributed by atoms with Crippen LogP contribution in [0.1, 0.15) is 37.3 Å². The summed E-state index contributed by atoms with van der Waals surface area (Å²) in [6.45, 7) is 1.91. The molecule has 0 saturated heterocycles. The number of hydrogen-bond donors (Lipinski definition) is 1. The minimum absolute atomic E-state index is 0.0165. The molecule has 1 aliphatic rings. The van der Waals surface area contributed by atoms with E-state index >= 15 is 0 Å². The summed E-state index contributed by atoms with van der Waals surface area (Å²) < 4.78 is 16.6. The molecule has 7 nitrogen and oxygen atoms in total. The first-order valence-electron chi connectivity index (χ1n) is 10.1. The van der Waals surface area contributed by atoms with E-state index in [1.165, 1.54) is 12.1 Å². The summed E-state index contributed by atoms with van der Waals surface area (Å²) in [5, 5.41) is 8.44. The quantitative estimate of drug-likeness (QED) is 0.549. The summed E-state index contributed by atoms with van der Waals surface area (Å²) in [5.41, 5.74) is 2.26. The molecule has 152 valence electrons. The maximum Gasteiger partial charge on any atom is 0.252 e. The molecule has 4 aromatic rings. The number of fused-ring (bicyclic) bond motifs is 1. The van der Waals surface area contributed by atoms with Crippen molar-refractivity contribution in [3.8, 4) is 5.69 Å². The molecule has 1 aliphatic carbocycles. The van der Waals surface area contributed by atoms with Crippen molar-refractivity contribution in [3.63, 3.8) is 0 Å². The van der Waals surface area contributed by atoms with Gasteiger partial charge in [-0.1, -0.05) is 12.8 Å². The summed E-state index contributed by atoms with van der Waals surface area (Å²) in [6, 6.07) is 9.73. The van der Waals surface area contributed by atoms with Gasteiger partial charge in [0, 0.05) is 36.0 Å². The molecule has 1 N–H and O–H groups in total. The first kappa shape index (κ1) is 18.5. The van der Waals surface area contributed by atoms with Crippen molar-refractivity contribution in [2.24, 2.45) is 0 Å². The number of rotatable bonds is 4. The van der Waals surface area contributed by atoms with Crippen LogP contribution in [0.15, 0.2) is 53.6 Å². The van der Waals surface area contributed by atoms with Gasteiger partial charge >= 0.3 is 0 Å². The van der Waals surface area contributed by atoms with Crippen LogP contribution in [0.5, 0.6) is 0 Å². The Bertz CT molecular complexity index is 1270. The normalized spacial score (nSPS) is 14.5. The Morgan fingerprint density at radius 1 is 1.13 bits per heavy atom. The van der Waals surface area contributed by atoms with E-state index in [9.17, 15) is 9.18 Å².